The van der Waals surface area contributed by atoms with Gasteiger partial charge in [-0.15, -0.1) is 0 Å². The van der Waals surface area contributed by atoms with Crippen LogP contribution in [0.1, 0.15) is 39.0 Å². The van der Waals surface area contributed by atoms with Gasteiger partial charge in [0, 0.05) is 0 Å². The second kappa shape index (κ2) is 9.39. The molecular formula is C7H15OSi2. The molecule has 57 valence electrons. The minimum atomic E-state index is 0.640. The summed E-state index contributed by atoms with van der Waals surface area (Å²) in [6.07, 6.45) is 6.80. The van der Waals surface area contributed by atoms with Crippen LogP contribution in [0, 0.1) is 0 Å². The Morgan fingerprint density at radius 3 is 2.50 bits per heavy atom. The fraction of sp³-hybridized carbons (Fsp3) is 1.00. The predicted octanol–water partition coefficient (Wildman–Crippen LogP) is 2.09. The zero-order valence-corrected chi connectivity index (χ0v) is 8.65. The first-order valence-corrected chi connectivity index (χ1v) is 5.49. The van der Waals surface area contributed by atoms with Gasteiger partial charge in [-0.2, -0.15) is 0 Å². The highest BCUT2D eigenvalue weighted by molar-refractivity contribution is 6.34. The molecule has 5 radical (unpaired) electrons. The van der Waals surface area contributed by atoms with Gasteiger partial charge < -0.3 is 4.12 Å². The van der Waals surface area contributed by atoms with E-state index < -0.39 is 0 Å². The summed E-state index contributed by atoms with van der Waals surface area (Å²) in [5, 5.41) is 0. The average Bonchev–Trinajstić information content (AvgIpc) is 1.97. The number of unbranched alkanes of at least 4 members (excludes halogenated alkanes) is 4. The first-order chi connectivity index (χ1) is 4.91. The number of hydrogen-bond acceptors (Lipinski definition) is 1. The zero-order valence-electron chi connectivity index (χ0n) is 6.65. The highest BCUT2D eigenvalue weighted by atomic mass is 28.3. The van der Waals surface area contributed by atoms with E-state index in [0.29, 0.717) is 9.76 Å². The second-order valence-corrected chi connectivity index (χ2v) is 4.02. The molecule has 3 heteroatoms. The van der Waals surface area contributed by atoms with E-state index in [0.717, 1.165) is 0 Å². The molecule has 10 heavy (non-hydrogen) atoms. The fourth-order valence-electron chi connectivity index (χ4n) is 0.852. The highest BCUT2D eigenvalue weighted by Gasteiger charge is 1.89. The fourth-order valence-corrected chi connectivity index (χ4v) is 1.65. The van der Waals surface area contributed by atoms with E-state index in [4.69, 9.17) is 4.12 Å². The second-order valence-electron chi connectivity index (χ2n) is 2.41. The molecule has 0 fully saturated rings. The third-order valence-electron chi connectivity index (χ3n) is 1.45. The lowest BCUT2D eigenvalue weighted by Crippen LogP contribution is -1.93. The van der Waals surface area contributed by atoms with E-state index in [1.165, 1.54) is 38.1 Å². The van der Waals surface area contributed by atoms with Crippen LogP contribution in [0.4, 0.5) is 0 Å². The normalized spacial score (nSPS) is 10.2. The largest absolute Gasteiger partial charge is 0.458 e. The Morgan fingerprint density at radius 1 is 1.20 bits per heavy atom. The predicted molar refractivity (Wildman–Crippen MR) is 46.2 cm³/mol. The van der Waals surface area contributed by atoms with Crippen molar-refractivity contribution in [3.63, 3.8) is 0 Å². The Balaban J connectivity index is 2.65. The van der Waals surface area contributed by atoms with Gasteiger partial charge in [0.2, 0.25) is 20.2 Å². The maximum Gasteiger partial charge on any atom is 0.229 e. The molecule has 0 aliphatic heterocycles. The average molecular weight is 171 g/mol. The molecule has 0 aliphatic rings. The first-order valence-electron chi connectivity index (χ1n) is 3.97. The van der Waals surface area contributed by atoms with E-state index >= 15 is 0 Å². The Kier molecular flexibility index (Phi) is 9.76. The standard InChI is InChI=1S/C7H15OSi2/c1-2-3-4-5-6-7-10-8-9/h2-7H2,1H3. The molecular weight excluding hydrogens is 156 g/mol. The van der Waals surface area contributed by atoms with Crippen LogP contribution in [0.15, 0.2) is 0 Å². The quantitative estimate of drug-likeness (QED) is 0.421. The summed E-state index contributed by atoms with van der Waals surface area (Å²) in [7, 11) is 3.63. The molecule has 0 saturated heterocycles. The molecule has 0 aliphatic carbocycles. The van der Waals surface area contributed by atoms with Crippen molar-refractivity contribution in [2.24, 2.45) is 0 Å². The molecule has 1 nitrogen and oxygen atoms in total. The molecule has 0 unspecified atom stereocenters. The lowest BCUT2D eigenvalue weighted by Gasteiger charge is -1.97. The minimum absolute atomic E-state index is 0.640. The van der Waals surface area contributed by atoms with Crippen LogP contribution >= 0.6 is 0 Å². The van der Waals surface area contributed by atoms with Gasteiger partial charge in [-0.1, -0.05) is 39.0 Å². The van der Waals surface area contributed by atoms with Crippen molar-refractivity contribution in [2.45, 2.75) is 45.1 Å². The summed E-state index contributed by atoms with van der Waals surface area (Å²) >= 11 is 0. The topological polar surface area (TPSA) is 9.23 Å². The van der Waals surface area contributed by atoms with Crippen LogP contribution in [0.5, 0.6) is 0 Å². The third kappa shape index (κ3) is 8.39. The smallest absolute Gasteiger partial charge is 0.229 e. The Bertz CT molecular complexity index is 51.6. The highest BCUT2D eigenvalue weighted by Crippen LogP contribution is 2.04. The Labute approximate surface area is 70.0 Å². The van der Waals surface area contributed by atoms with Gasteiger partial charge in [-0.05, 0) is 6.04 Å². The van der Waals surface area contributed by atoms with Gasteiger partial charge in [0.25, 0.3) is 0 Å². The molecule has 0 aromatic rings. The first kappa shape index (κ1) is 10.4. The van der Waals surface area contributed by atoms with Crippen molar-refractivity contribution < 1.29 is 4.12 Å². The molecule has 0 aromatic carbocycles. The van der Waals surface area contributed by atoms with Crippen LogP contribution in [-0.4, -0.2) is 20.2 Å². The van der Waals surface area contributed by atoms with Crippen molar-refractivity contribution in [3.8, 4) is 0 Å². The van der Waals surface area contributed by atoms with Crippen LogP contribution in [0.25, 0.3) is 0 Å². The molecule has 0 amide bonds. The summed E-state index contributed by atoms with van der Waals surface area (Å²) in [5.41, 5.74) is 0. The van der Waals surface area contributed by atoms with Gasteiger partial charge in [-0.25, -0.2) is 0 Å². The number of rotatable bonds is 7. The molecule has 0 atom stereocenters. The molecule has 0 aromatic heterocycles. The van der Waals surface area contributed by atoms with Gasteiger partial charge in [0.1, 0.15) is 0 Å². The van der Waals surface area contributed by atoms with Crippen LogP contribution in [-0.2, 0) is 4.12 Å². The van der Waals surface area contributed by atoms with E-state index in [1.54, 1.807) is 0 Å². The van der Waals surface area contributed by atoms with Crippen LogP contribution in [0.3, 0.4) is 0 Å². The lowest BCUT2D eigenvalue weighted by atomic mass is 10.2. The monoisotopic (exact) mass is 171 g/mol. The Morgan fingerprint density at radius 2 is 1.90 bits per heavy atom. The SMILES string of the molecule is CCCCCCC[Si]O[Si]. The van der Waals surface area contributed by atoms with E-state index in [9.17, 15) is 0 Å². The van der Waals surface area contributed by atoms with E-state index in [2.05, 4.69) is 17.4 Å². The molecule has 0 spiro atoms. The van der Waals surface area contributed by atoms with Gasteiger partial charge in [0.15, 0.2) is 0 Å². The van der Waals surface area contributed by atoms with Crippen LogP contribution < -0.4 is 0 Å². The van der Waals surface area contributed by atoms with Crippen LogP contribution in [0.2, 0.25) is 6.04 Å². The van der Waals surface area contributed by atoms with Crippen molar-refractivity contribution in [1.29, 1.82) is 0 Å². The molecule has 0 rings (SSSR count). The lowest BCUT2D eigenvalue weighted by molar-refractivity contribution is 0.624. The van der Waals surface area contributed by atoms with Crippen molar-refractivity contribution in [2.75, 3.05) is 0 Å². The van der Waals surface area contributed by atoms with E-state index in [1.807, 2.05) is 0 Å². The van der Waals surface area contributed by atoms with Gasteiger partial charge in [-0.3, -0.25) is 0 Å². The zero-order chi connectivity index (χ0) is 7.66. The van der Waals surface area contributed by atoms with E-state index in [-0.39, 0.29) is 0 Å². The summed E-state index contributed by atoms with van der Waals surface area (Å²) < 4.78 is 4.78. The van der Waals surface area contributed by atoms with Gasteiger partial charge in [0.05, 0.1) is 0 Å². The van der Waals surface area contributed by atoms with Gasteiger partial charge >= 0.3 is 0 Å². The minimum Gasteiger partial charge on any atom is -0.458 e. The summed E-state index contributed by atoms with van der Waals surface area (Å²) in [6.45, 7) is 2.24. The summed E-state index contributed by atoms with van der Waals surface area (Å²) in [4.78, 5) is 0. The van der Waals surface area contributed by atoms with Crippen molar-refractivity contribution in [3.05, 3.63) is 0 Å². The summed E-state index contributed by atoms with van der Waals surface area (Å²) in [5.74, 6) is 0. The van der Waals surface area contributed by atoms with Crippen molar-refractivity contribution in [1.82, 2.24) is 0 Å². The third-order valence-corrected chi connectivity index (χ3v) is 2.59. The summed E-state index contributed by atoms with van der Waals surface area (Å²) in [6, 6.07) is 1.22. The number of hydrogen-bond donors (Lipinski definition) is 0. The maximum absolute atomic E-state index is 4.78. The molecule has 0 saturated carbocycles. The maximum atomic E-state index is 4.78. The van der Waals surface area contributed by atoms with Crippen molar-refractivity contribution >= 4 is 20.2 Å². The molecule has 0 heterocycles. The molecule has 0 N–H and O–H groups in total. The molecule has 0 bridgehead atoms. The Hall–Kier alpha value is 0.394.